The lowest BCUT2D eigenvalue weighted by atomic mass is 10.2. The van der Waals surface area contributed by atoms with Crippen molar-refractivity contribution in [2.24, 2.45) is 0 Å². The Bertz CT molecular complexity index is 622. The summed E-state index contributed by atoms with van der Waals surface area (Å²) in [6.07, 6.45) is 0. The molecule has 0 radical (unpaired) electrons. The van der Waals surface area contributed by atoms with Crippen molar-refractivity contribution in [1.29, 1.82) is 0 Å². The average Bonchev–Trinajstić information content (AvgIpc) is 2.70. The zero-order chi connectivity index (χ0) is 14.0. The highest BCUT2D eigenvalue weighted by Gasteiger charge is 2.14. The molecule has 6 heteroatoms. The van der Waals surface area contributed by atoms with Crippen molar-refractivity contribution in [3.8, 4) is 5.75 Å². The lowest BCUT2D eigenvalue weighted by molar-refractivity contribution is 0.0922. The van der Waals surface area contributed by atoms with E-state index in [1.165, 1.54) is 0 Å². The molecule has 0 spiro atoms. The maximum atomic E-state index is 11.9. The van der Waals surface area contributed by atoms with Crippen LogP contribution in [0.4, 0.5) is 0 Å². The van der Waals surface area contributed by atoms with Gasteiger partial charge >= 0.3 is 0 Å². The third kappa shape index (κ3) is 3.63. The number of Topliss-reactive ketones (excluding diaryl/α,β-unsaturated/α-hetero) is 1. The fourth-order valence-electron chi connectivity index (χ4n) is 1.46. The third-order valence-electron chi connectivity index (χ3n) is 2.46. The molecule has 2 aromatic rings. The van der Waals surface area contributed by atoms with Gasteiger partial charge < -0.3 is 4.74 Å². The summed E-state index contributed by atoms with van der Waals surface area (Å²) in [5.74, 6) is 0.383. The van der Waals surface area contributed by atoms with Gasteiger partial charge in [0.1, 0.15) is 10.1 Å². The summed E-state index contributed by atoms with van der Waals surface area (Å²) in [4.78, 5) is 11.9. The molecule has 2 rings (SSSR count). The molecule has 0 bridgehead atoms. The minimum Gasteiger partial charge on any atom is -0.485 e. The molecule has 0 aliphatic carbocycles. The number of halogens is 3. The monoisotopic (exact) mass is 334 g/mol. The first-order valence-corrected chi connectivity index (χ1v) is 7.29. The second-order valence-electron chi connectivity index (χ2n) is 3.86. The number of thiophene rings is 1. The van der Waals surface area contributed by atoms with E-state index in [1.54, 1.807) is 24.3 Å². The van der Waals surface area contributed by atoms with Gasteiger partial charge in [-0.2, -0.15) is 0 Å². The van der Waals surface area contributed by atoms with E-state index < -0.39 is 0 Å². The van der Waals surface area contributed by atoms with E-state index in [0.29, 0.717) is 25.0 Å². The molecular formula is C13H9Cl3O2S. The van der Waals surface area contributed by atoms with Crippen LogP contribution in [-0.2, 0) is 0 Å². The highest BCUT2D eigenvalue weighted by atomic mass is 35.5. The number of benzene rings is 1. The molecule has 1 aromatic carbocycles. The summed E-state index contributed by atoms with van der Waals surface area (Å²) < 4.78 is 6.28. The van der Waals surface area contributed by atoms with Crippen molar-refractivity contribution in [2.75, 3.05) is 6.61 Å². The SMILES string of the molecule is Cc1cc(OCC(=O)c2cc(Cl)sc2Cl)ccc1Cl. The van der Waals surface area contributed by atoms with E-state index >= 15 is 0 Å². The summed E-state index contributed by atoms with van der Waals surface area (Å²) in [7, 11) is 0. The number of rotatable bonds is 4. The summed E-state index contributed by atoms with van der Waals surface area (Å²) in [6, 6.07) is 6.77. The van der Waals surface area contributed by atoms with Crippen LogP contribution in [0, 0.1) is 6.92 Å². The topological polar surface area (TPSA) is 26.3 Å². The zero-order valence-corrected chi connectivity index (χ0v) is 13.0. The standard InChI is InChI=1S/C13H9Cl3O2S/c1-7-4-8(2-3-10(7)14)18-6-11(17)9-5-12(15)19-13(9)16/h2-5H,6H2,1H3. The van der Waals surface area contributed by atoms with Crippen LogP contribution in [0.2, 0.25) is 13.7 Å². The highest BCUT2D eigenvalue weighted by molar-refractivity contribution is 7.20. The van der Waals surface area contributed by atoms with Crippen LogP contribution in [0.3, 0.4) is 0 Å². The molecule has 0 fully saturated rings. The number of aryl methyl sites for hydroxylation is 1. The Morgan fingerprint density at radius 3 is 2.58 bits per heavy atom. The van der Waals surface area contributed by atoms with Crippen molar-refractivity contribution >= 4 is 51.9 Å². The van der Waals surface area contributed by atoms with Crippen molar-refractivity contribution in [3.05, 3.63) is 49.1 Å². The molecule has 100 valence electrons. The lowest BCUT2D eigenvalue weighted by Crippen LogP contribution is -2.11. The largest absolute Gasteiger partial charge is 0.485 e. The number of ketones is 1. The van der Waals surface area contributed by atoms with Crippen molar-refractivity contribution in [2.45, 2.75) is 6.92 Å². The zero-order valence-electron chi connectivity index (χ0n) is 9.88. The second kappa shape index (κ2) is 6.14. The first kappa shape index (κ1) is 14.7. The Morgan fingerprint density at radius 1 is 1.26 bits per heavy atom. The van der Waals surface area contributed by atoms with Crippen LogP contribution >= 0.6 is 46.1 Å². The smallest absolute Gasteiger partial charge is 0.202 e. The second-order valence-corrected chi connectivity index (χ2v) is 6.55. The highest BCUT2D eigenvalue weighted by Crippen LogP contribution is 2.31. The van der Waals surface area contributed by atoms with Crippen molar-refractivity contribution in [1.82, 2.24) is 0 Å². The molecule has 0 aliphatic heterocycles. The Balaban J connectivity index is 2.04. The summed E-state index contributed by atoms with van der Waals surface area (Å²) in [5.41, 5.74) is 1.28. The van der Waals surface area contributed by atoms with Gasteiger partial charge in [-0.05, 0) is 36.8 Å². The summed E-state index contributed by atoms with van der Waals surface area (Å²) >= 11 is 18.8. The van der Waals surface area contributed by atoms with Gasteiger partial charge in [0, 0.05) is 5.02 Å². The molecule has 0 atom stereocenters. The Hall–Kier alpha value is -0.740. The molecule has 0 saturated heterocycles. The van der Waals surface area contributed by atoms with Gasteiger partial charge in [-0.1, -0.05) is 34.8 Å². The van der Waals surface area contributed by atoms with E-state index in [2.05, 4.69) is 0 Å². The van der Waals surface area contributed by atoms with Gasteiger partial charge in [-0.25, -0.2) is 0 Å². The molecule has 0 amide bonds. The van der Waals surface area contributed by atoms with E-state index in [-0.39, 0.29) is 12.4 Å². The Morgan fingerprint density at radius 2 is 2.00 bits per heavy atom. The predicted octanol–water partition coefficient (Wildman–Crippen LogP) is 5.28. The van der Waals surface area contributed by atoms with Crippen molar-refractivity contribution < 1.29 is 9.53 Å². The van der Waals surface area contributed by atoms with Crippen LogP contribution in [0.25, 0.3) is 0 Å². The number of hydrogen-bond acceptors (Lipinski definition) is 3. The van der Waals surface area contributed by atoms with Crippen LogP contribution in [0.1, 0.15) is 15.9 Å². The first-order chi connectivity index (χ1) is 8.97. The Labute approximate surface area is 129 Å². The third-order valence-corrected chi connectivity index (χ3v) is 4.37. The summed E-state index contributed by atoms with van der Waals surface area (Å²) in [6.45, 7) is 1.78. The number of carbonyl (C=O) groups is 1. The van der Waals surface area contributed by atoms with Gasteiger partial charge in [-0.15, -0.1) is 11.3 Å². The first-order valence-electron chi connectivity index (χ1n) is 5.34. The maximum Gasteiger partial charge on any atom is 0.202 e. The molecule has 2 nitrogen and oxygen atoms in total. The molecule has 0 aliphatic rings. The van der Waals surface area contributed by atoms with Crippen LogP contribution in [0.5, 0.6) is 5.75 Å². The van der Waals surface area contributed by atoms with Gasteiger partial charge in [0.15, 0.2) is 6.61 Å². The Kier molecular flexibility index (Phi) is 4.74. The normalized spacial score (nSPS) is 10.5. The van der Waals surface area contributed by atoms with E-state index in [9.17, 15) is 4.79 Å². The average molecular weight is 336 g/mol. The van der Waals surface area contributed by atoms with Crippen molar-refractivity contribution in [3.63, 3.8) is 0 Å². The van der Waals surface area contributed by atoms with Gasteiger partial charge in [-0.3, -0.25) is 4.79 Å². The van der Waals surface area contributed by atoms with E-state index in [1.807, 2.05) is 6.92 Å². The fraction of sp³-hybridized carbons (Fsp3) is 0.154. The van der Waals surface area contributed by atoms with E-state index in [4.69, 9.17) is 39.5 Å². The van der Waals surface area contributed by atoms with Gasteiger partial charge in [0.05, 0.1) is 9.90 Å². The molecule has 19 heavy (non-hydrogen) atoms. The molecule has 0 N–H and O–H groups in total. The van der Waals surface area contributed by atoms with Crippen LogP contribution in [-0.4, -0.2) is 12.4 Å². The van der Waals surface area contributed by atoms with E-state index in [0.717, 1.165) is 16.9 Å². The number of ether oxygens (including phenoxy) is 1. The molecule has 0 unspecified atom stereocenters. The molecule has 1 heterocycles. The fourth-order valence-corrected chi connectivity index (χ4v) is 3.08. The maximum absolute atomic E-state index is 11.9. The van der Waals surface area contributed by atoms with Crippen LogP contribution < -0.4 is 4.74 Å². The molecule has 0 saturated carbocycles. The molecule has 1 aromatic heterocycles. The lowest BCUT2D eigenvalue weighted by Gasteiger charge is -2.06. The molecular weight excluding hydrogens is 327 g/mol. The minimum absolute atomic E-state index is 0.0894. The van der Waals surface area contributed by atoms with Crippen LogP contribution in [0.15, 0.2) is 24.3 Å². The van der Waals surface area contributed by atoms with Gasteiger partial charge in [0.25, 0.3) is 0 Å². The number of hydrogen-bond donors (Lipinski definition) is 0. The minimum atomic E-state index is -0.208. The quantitative estimate of drug-likeness (QED) is 0.711. The summed E-state index contributed by atoms with van der Waals surface area (Å²) in [5, 5.41) is 0.659. The van der Waals surface area contributed by atoms with Gasteiger partial charge in [0.2, 0.25) is 5.78 Å². The predicted molar refractivity (Wildman–Crippen MR) is 80.4 cm³/mol. The number of carbonyl (C=O) groups excluding carboxylic acids is 1.